The van der Waals surface area contributed by atoms with Crippen LogP contribution >= 0.6 is 0 Å². The average Bonchev–Trinajstić information content (AvgIpc) is 3.25. The second-order valence-corrected chi connectivity index (χ2v) is 10.9. The van der Waals surface area contributed by atoms with Crippen molar-refractivity contribution in [1.82, 2.24) is 9.88 Å². The van der Waals surface area contributed by atoms with Crippen molar-refractivity contribution in [3.8, 4) is 5.75 Å². The highest BCUT2D eigenvalue weighted by Gasteiger charge is 2.80. The number of nitrogens with one attached hydrogen (secondary N) is 1. The second-order valence-electron chi connectivity index (χ2n) is 10.9. The Hall–Kier alpha value is -3.42. The van der Waals surface area contributed by atoms with Crippen molar-refractivity contribution in [3.05, 3.63) is 98.5 Å². The summed E-state index contributed by atoms with van der Waals surface area (Å²) in [6.07, 6.45) is 1.69. The lowest BCUT2D eigenvalue weighted by molar-refractivity contribution is -0.139. The molecular weight excluding hydrogens is 456 g/mol. The first-order valence-corrected chi connectivity index (χ1v) is 12.4. The zero-order valence-electron chi connectivity index (χ0n) is 20.3. The number of pyridine rings is 1. The molecule has 1 aromatic heterocycles. The van der Waals surface area contributed by atoms with Gasteiger partial charge in [0.15, 0.2) is 0 Å². The van der Waals surface area contributed by atoms with Gasteiger partial charge in [-0.25, -0.2) is 4.79 Å². The Bertz CT molecular complexity index is 1480. The van der Waals surface area contributed by atoms with Crippen LogP contribution in [0, 0.1) is 0 Å². The molecule has 1 saturated carbocycles. The molecule has 3 aliphatic carbocycles. The van der Waals surface area contributed by atoms with Gasteiger partial charge in [0.25, 0.3) is 5.56 Å². The van der Waals surface area contributed by atoms with Crippen molar-refractivity contribution in [2.75, 3.05) is 20.8 Å². The van der Waals surface area contributed by atoms with Crippen LogP contribution in [-0.2, 0) is 35.0 Å². The van der Waals surface area contributed by atoms with Crippen LogP contribution in [0.1, 0.15) is 44.7 Å². The summed E-state index contributed by atoms with van der Waals surface area (Å²) in [6.45, 7) is 1.64. The number of likely N-dealkylation sites (tertiary alicyclic amines) is 1. The number of rotatable bonds is 4. The molecule has 7 heteroatoms. The minimum absolute atomic E-state index is 0.0227. The quantitative estimate of drug-likeness (QED) is 0.553. The van der Waals surface area contributed by atoms with Crippen LogP contribution < -0.4 is 10.3 Å². The van der Waals surface area contributed by atoms with E-state index in [-0.39, 0.29) is 17.0 Å². The summed E-state index contributed by atoms with van der Waals surface area (Å²) >= 11 is 0. The van der Waals surface area contributed by atoms with Gasteiger partial charge >= 0.3 is 5.97 Å². The Morgan fingerprint density at radius 3 is 2.67 bits per heavy atom. The van der Waals surface area contributed by atoms with E-state index in [0.717, 1.165) is 42.1 Å². The molecule has 1 aliphatic heterocycles. The number of aromatic amines is 1. The summed E-state index contributed by atoms with van der Waals surface area (Å²) in [5, 5.41) is 12.7. The molecule has 2 fully saturated rings. The summed E-state index contributed by atoms with van der Waals surface area (Å²) < 4.78 is 10.4. The van der Waals surface area contributed by atoms with Crippen molar-refractivity contribution >= 4 is 5.97 Å². The van der Waals surface area contributed by atoms with E-state index in [9.17, 15) is 14.7 Å². The van der Waals surface area contributed by atoms with E-state index in [0.29, 0.717) is 12.8 Å². The summed E-state index contributed by atoms with van der Waals surface area (Å²) in [5.41, 5.74) is 3.00. The fourth-order valence-electron chi connectivity index (χ4n) is 8.10. The number of fused-ring (bicyclic) bond motifs is 3. The summed E-state index contributed by atoms with van der Waals surface area (Å²) in [4.78, 5) is 30.4. The van der Waals surface area contributed by atoms with Crippen molar-refractivity contribution in [2.45, 2.75) is 48.3 Å². The summed E-state index contributed by atoms with van der Waals surface area (Å²) in [5.74, 6) is 0.104. The lowest BCUT2D eigenvalue weighted by atomic mass is 9.55. The van der Waals surface area contributed by atoms with Crippen molar-refractivity contribution in [3.63, 3.8) is 0 Å². The Labute approximate surface area is 208 Å². The van der Waals surface area contributed by atoms with E-state index < -0.39 is 22.5 Å². The molecule has 2 bridgehead atoms. The molecular formula is C29H28N2O5. The first-order chi connectivity index (χ1) is 17.3. The normalized spacial score (nSPS) is 31.0. The molecule has 0 amide bonds. The minimum atomic E-state index is -1.06. The molecule has 4 atom stereocenters. The summed E-state index contributed by atoms with van der Waals surface area (Å²) in [7, 11) is 2.93. The number of aliphatic hydroxyl groups is 1. The number of hydrogen-bond donors (Lipinski definition) is 2. The third-order valence-electron chi connectivity index (χ3n) is 9.34. The third-order valence-corrected chi connectivity index (χ3v) is 9.34. The number of nitrogens with zero attached hydrogens (tertiary/aromatic N) is 1. The number of H-pyrrole nitrogens is 1. The van der Waals surface area contributed by atoms with Crippen LogP contribution in [0.4, 0.5) is 0 Å². The van der Waals surface area contributed by atoms with Crippen LogP contribution in [0.25, 0.3) is 0 Å². The van der Waals surface area contributed by atoms with Gasteiger partial charge in [-0.2, -0.15) is 0 Å². The number of carbonyl (C=O) groups excluding carboxylic acids is 1. The van der Waals surface area contributed by atoms with Crippen LogP contribution in [0.15, 0.2) is 59.4 Å². The van der Waals surface area contributed by atoms with E-state index in [2.05, 4.69) is 34.1 Å². The molecule has 2 heterocycles. The molecule has 1 saturated heterocycles. The molecule has 184 valence electrons. The van der Waals surface area contributed by atoms with E-state index >= 15 is 0 Å². The highest BCUT2D eigenvalue weighted by Crippen LogP contribution is 2.73. The van der Waals surface area contributed by atoms with Gasteiger partial charge in [-0.05, 0) is 46.9 Å². The zero-order valence-corrected chi connectivity index (χ0v) is 20.3. The van der Waals surface area contributed by atoms with Gasteiger partial charge < -0.3 is 19.6 Å². The molecule has 3 aromatic rings. The standard InChI is InChI=1S/C29H28N2O5/c1-35-19-8-9-21-22(11-19)28-13-23-18(10-20(24(32)30-23)25(33)36-2)12-29(28,34)26-27(21,15-28)16-31(26)14-17-6-4-3-5-7-17/h3-11,26,34H,12-16H2,1-2H3,(H,30,32)/t26-,27?,28+,29?/m1/s1. The van der Waals surface area contributed by atoms with Gasteiger partial charge in [0.1, 0.15) is 11.3 Å². The lowest BCUT2D eigenvalue weighted by Gasteiger charge is -2.62. The number of ether oxygens (including phenoxy) is 2. The molecule has 7 nitrogen and oxygen atoms in total. The van der Waals surface area contributed by atoms with E-state index in [1.807, 2.05) is 24.3 Å². The van der Waals surface area contributed by atoms with Crippen LogP contribution in [-0.4, -0.2) is 53.4 Å². The van der Waals surface area contributed by atoms with Crippen molar-refractivity contribution < 1.29 is 19.4 Å². The van der Waals surface area contributed by atoms with Gasteiger partial charge in [0.2, 0.25) is 0 Å². The number of carbonyl (C=O) groups is 1. The largest absolute Gasteiger partial charge is 0.497 e. The van der Waals surface area contributed by atoms with E-state index in [1.165, 1.54) is 18.2 Å². The number of hydrogen-bond acceptors (Lipinski definition) is 6. The lowest BCUT2D eigenvalue weighted by Crippen LogP contribution is -2.75. The fourth-order valence-corrected chi connectivity index (χ4v) is 8.10. The Morgan fingerprint density at radius 1 is 1.11 bits per heavy atom. The predicted octanol–water partition coefficient (Wildman–Crippen LogP) is 2.48. The van der Waals surface area contributed by atoms with Gasteiger partial charge in [-0.3, -0.25) is 9.69 Å². The first kappa shape index (κ1) is 21.8. The molecule has 4 aliphatic rings. The SMILES string of the molecule is COC(=O)c1cc2c([nH]c1=O)C[C@@]13CC4(CN(Cc5ccccc5)[C@H]4C1(O)C2)c1ccc(OC)cc13. The van der Waals surface area contributed by atoms with Gasteiger partial charge in [-0.15, -0.1) is 0 Å². The van der Waals surface area contributed by atoms with Crippen molar-refractivity contribution in [1.29, 1.82) is 0 Å². The maximum Gasteiger partial charge on any atom is 0.343 e. The molecule has 7 rings (SSSR count). The third kappa shape index (κ3) is 2.49. The number of benzene rings is 2. The highest BCUT2D eigenvalue weighted by atomic mass is 16.5. The Morgan fingerprint density at radius 2 is 1.92 bits per heavy atom. The maximum atomic E-state index is 12.8. The number of aromatic nitrogens is 1. The predicted molar refractivity (Wildman–Crippen MR) is 132 cm³/mol. The maximum absolute atomic E-state index is 12.8. The molecule has 2 aromatic carbocycles. The molecule has 2 N–H and O–H groups in total. The zero-order chi connectivity index (χ0) is 24.9. The molecule has 36 heavy (non-hydrogen) atoms. The molecule has 2 spiro atoms. The van der Waals surface area contributed by atoms with Crippen molar-refractivity contribution in [2.24, 2.45) is 0 Å². The van der Waals surface area contributed by atoms with E-state index in [1.54, 1.807) is 13.2 Å². The Balaban J connectivity index is 1.40. The van der Waals surface area contributed by atoms with Gasteiger partial charge in [0, 0.05) is 42.5 Å². The summed E-state index contributed by atoms with van der Waals surface area (Å²) in [6, 6.07) is 18.2. The first-order valence-electron chi connectivity index (χ1n) is 12.4. The topological polar surface area (TPSA) is 91.9 Å². The monoisotopic (exact) mass is 484 g/mol. The molecule has 2 unspecified atom stereocenters. The number of esters is 1. The van der Waals surface area contributed by atoms with Gasteiger partial charge in [0.05, 0.1) is 25.9 Å². The number of methoxy groups -OCH3 is 2. The van der Waals surface area contributed by atoms with Gasteiger partial charge in [-0.1, -0.05) is 36.4 Å². The second kappa shape index (κ2) is 7.08. The van der Waals surface area contributed by atoms with E-state index in [4.69, 9.17) is 9.47 Å². The fraction of sp³-hybridized carbons (Fsp3) is 0.379. The smallest absolute Gasteiger partial charge is 0.343 e. The minimum Gasteiger partial charge on any atom is -0.497 e. The Kier molecular flexibility index (Phi) is 4.29. The van der Waals surface area contributed by atoms with Crippen LogP contribution in [0.2, 0.25) is 0 Å². The van der Waals surface area contributed by atoms with Crippen LogP contribution in [0.3, 0.4) is 0 Å². The highest BCUT2D eigenvalue weighted by molar-refractivity contribution is 5.89. The van der Waals surface area contributed by atoms with Crippen LogP contribution in [0.5, 0.6) is 5.75 Å². The molecule has 0 radical (unpaired) electrons. The average molecular weight is 485 g/mol.